The molecule has 0 spiro atoms. The molecule has 0 radical (unpaired) electrons. The minimum absolute atomic E-state index is 0.0265. The Morgan fingerprint density at radius 2 is 1.84 bits per heavy atom. The molecule has 2 aliphatic rings. The molecular weight excluding hydrogens is 484 g/mol. The van der Waals surface area contributed by atoms with Crippen molar-refractivity contribution in [2.45, 2.75) is 24.9 Å². The van der Waals surface area contributed by atoms with E-state index < -0.39 is 0 Å². The minimum atomic E-state index is -0.144. The van der Waals surface area contributed by atoms with E-state index in [1.54, 1.807) is 4.90 Å². The summed E-state index contributed by atoms with van der Waals surface area (Å²) in [5.74, 6) is 0.671. The van der Waals surface area contributed by atoms with E-state index in [-0.39, 0.29) is 24.6 Å². The molecule has 3 aromatic rings. The van der Waals surface area contributed by atoms with Gasteiger partial charge in [-0.15, -0.1) is 0 Å². The van der Waals surface area contributed by atoms with Gasteiger partial charge in [-0.3, -0.25) is 4.79 Å². The number of halogens is 1. The number of nitrogens with zero attached hydrogens (tertiary/aromatic N) is 2. The average Bonchev–Trinajstić information content (AvgIpc) is 3.42. The predicted molar refractivity (Wildman–Crippen MR) is 151 cm³/mol. The molecular formula is C31H31ClN2O3. The molecule has 5 rings (SSSR count). The molecule has 1 amide bonds. The molecule has 1 fully saturated rings. The van der Waals surface area contributed by atoms with Crippen molar-refractivity contribution < 1.29 is 14.6 Å². The fourth-order valence-corrected chi connectivity index (χ4v) is 5.12. The summed E-state index contributed by atoms with van der Waals surface area (Å²) in [5, 5.41) is 10.4. The summed E-state index contributed by atoms with van der Waals surface area (Å²) in [5.41, 5.74) is 4.67. The molecule has 2 atom stereocenters. The average molecular weight is 515 g/mol. The number of anilines is 1. The molecule has 0 aliphatic carbocycles. The van der Waals surface area contributed by atoms with Crippen LogP contribution >= 0.6 is 11.6 Å². The maximum absolute atomic E-state index is 13.6. The van der Waals surface area contributed by atoms with Gasteiger partial charge in [0.05, 0.1) is 18.7 Å². The molecule has 2 heterocycles. The molecule has 2 unspecified atom stereocenters. The molecule has 1 saturated heterocycles. The maximum Gasteiger partial charge on any atom is 0.254 e. The van der Waals surface area contributed by atoms with Crippen LogP contribution < -0.4 is 9.64 Å². The van der Waals surface area contributed by atoms with Crippen LogP contribution in [0.1, 0.15) is 29.5 Å². The van der Waals surface area contributed by atoms with Crippen molar-refractivity contribution in [3.05, 3.63) is 101 Å². The molecule has 0 aromatic heterocycles. The first-order valence-corrected chi connectivity index (χ1v) is 13.0. The predicted octanol–water partition coefficient (Wildman–Crippen LogP) is 5.77. The Kier molecular flexibility index (Phi) is 7.63. The van der Waals surface area contributed by atoms with Gasteiger partial charge in [-0.1, -0.05) is 66.2 Å². The van der Waals surface area contributed by atoms with E-state index in [9.17, 15) is 9.90 Å². The van der Waals surface area contributed by atoms with Gasteiger partial charge in [0.15, 0.2) is 0 Å². The molecule has 1 N–H and O–H groups in total. The van der Waals surface area contributed by atoms with Crippen molar-refractivity contribution in [1.82, 2.24) is 4.90 Å². The Bertz CT molecular complexity index is 1300. The number of fused-ring (bicyclic) bond motifs is 1. The molecule has 3 aromatic carbocycles. The van der Waals surface area contributed by atoms with Crippen LogP contribution in [0.3, 0.4) is 0 Å². The first kappa shape index (κ1) is 25.1. The summed E-state index contributed by atoms with van der Waals surface area (Å²) in [6, 6.07) is 23.4. The van der Waals surface area contributed by atoms with E-state index in [2.05, 4.69) is 36.2 Å². The Morgan fingerprint density at radius 1 is 1.08 bits per heavy atom. The van der Waals surface area contributed by atoms with Crippen molar-refractivity contribution >= 4 is 40.9 Å². The highest BCUT2D eigenvalue weighted by Crippen LogP contribution is 2.30. The van der Waals surface area contributed by atoms with E-state index >= 15 is 0 Å². The van der Waals surface area contributed by atoms with Crippen LogP contribution in [-0.4, -0.2) is 54.8 Å². The summed E-state index contributed by atoms with van der Waals surface area (Å²) in [6.07, 6.45) is 7.91. The highest BCUT2D eigenvalue weighted by Gasteiger charge is 2.30. The number of para-hydroxylation sites is 1. The summed E-state index contributed by atoms with van der Waals surface area (Å²) < 4.78 is 6.14. The highest BCUT2D eigenvalue weighted by molar-refractivity contribution is 6.30. The van der Waals surface area contributed by atoms with Crippen molar-refractivity contribution in [3.8, 4) is 5.75 Å². The number of aliphatic hydroxyl groups is 1. The smallest absolute Gasteiger partial charge is 0.254 e. The van der Waals surface area contributed by atoms with Crippen LogP contribution in [0.5, 0.6) is 5.75 Å². The van der Waals surface area contributed by atoms with Gasteiger partial charge in [0.25, 0.3) is 5.91 Å². The van der Waals surface area contributed by atoms with E-state index in [1.807, 2.05) is 66.7 Å². The Balaban J connectivity index is 1.34. The zero-order valence-electron chi connectivity index (χ0n) is 20.9. The quantitative estimate of drug-likeness (QED) is 0.321. The zero-order valence-corrected chi connectivity index (χ0v) is 21.6. The topological polar surface area (TPSA) is 53.0 Å². The summed E-state index contributed by atoms with van der Waals surface area (Å²) in [7, 11) is 2.08. The first-order chi connectivity index (χ1) is 18.0. The molecule has 37 heavy (non-hydrogen) atoms. The summed E-state index contributed by atoms with van der Waals surface area (Å²) in [4.78, 5) is 17.6. The number of hydrogen-bond donors (Lipinski definition) is 1. The Morgan fingerprint density at radius 3 is 2.59 bits per heavy atom. The number of hydrogen-bond acceptors (Lipinski definition) is 4. The number of likely N-dealkylation sites (N-methyl/N-ethyl adjacent to an activating group) is 1. The van der Waals surface area contributed by atoms with Crippen LogP contribution in [0.2, 0.25) is 5.02 Å². The molecule has 5 nitrogen and oxygen atoms in total. The van der Waals surface area contributed by atoms with Crippen LogP contribution in [0, 0.1) is 0 Å². The number of likely N-dealkylation sites (tertiary alicyclic amines) is 1. The second kappa shape index (κ2) is 11.2. The number of benzene rings is 3. The summed E-state index contributed by atoms with van der Waals surface area (Å²) in [6.45, 7) is 1.13. The largest absolute Gasteiger partial charge is 0.491 e. The van der Waals surface area contributed by atoms with Crippen LogP contribution in [0.4, 0.5) is 5.69 Å². The van der Waals surface area contributed by atoms with E-state index in [0.29, 0.717) is 23.7 Å². The standard InChI is InChI=1S/C31H31ClN2O3/c1-33-27(15-10-24-5-2-3-7-30(24)33)21-37-28-16-11-23(12-17-28)29(19-22-8-13-25(32)14-9-22)31(36)34-18-4-6-26(34)20-35/h2-3,5,7-17,19,26-27,35H,4,6,18,20-21H2,1H3. The van der Waals surface area contributed by atoms with Crippen molar-refractivity contribution in [2.24, 2.45) is 0 Å². The number of carbonyl (C=O) groups is 1. The van der Waals surface area contributed by atoms with Crippen LogP contribution in [0.25, 0.3) is 17.7 Å². The van der Waals surface area contributed by atoms with Gasteiger partial charge in [0, 0.05) is 29.9 Å². The van der Waals surface area contributed by atoms with Gasteiger partial charge in [0.1, 0.15) is 12.4 Å². The van der Waals surface area contributed by atoms with Gasteiger partial charge in [-0.2, -0.15) is 0 Å². The van der Waals surface area contributed by atoms with E-state index in [1.165, 1.54) is 11.3 Å². The lowest BCUT2D eigenvalue weighted by Crippen LogP contribution is -2.38. The Labute approximate surface area is 223 Å². The molecule has 190 valence electrons. The second-order valence-corrected chi connectivity index (χ2v) is 9.95. The lowest BCUT2D eigenvalue weighted by atomic mass is 10.0. The normalized spacial score (nSPS) is 19.2. The number of ether oxygens (including phenoxy) is 1. The van der Waals surface area contributed by atoms with Crippen molar-refractivity contribution in [1.29, 1.82) is 0 Å². The SMILES string of the molecule is CN1c2ccccc2C=CC1COc1ccc(C(=Cc2ccc(Cl)cc2)C(=O)N2CCCC2CO)cc1. The lowest BCUT2D eigenvalue weighted by Gasteiger charge is -2.32. The third-order valence-corrected chi connectivity index (χ3v) is 7.41. The third-order valence-electron chi connectivity index (χ3n) is 7.16. The lowest BCUT2D eigenvalue weighted by molar-refractivity contribution is -0.126. The number of rotatable bonds is 7. The minimum Gasteiger partial charge on any atom is -0.491 e. The first-order valence-electron chi connectivity index (χ1n) is 12.7. The van der Waals surface area contributed by atoms with Crippen LogP contribution in [-0.2, 0) is 4.79 Å². The van der Waals surface area contributed by atoms with Crippen molar-refractivity contribution in [2.75, 3.05) is 31.7 Å². The third kappa shape index (κ3) is 5.58. The van der Waals surface area contributed by atoms with E-state index in [0.717, 1.165) is 29.7 Å². The van der Waals surface area contributed by atoms with Gasteiger partial charge >= 0.3 is 0 Å². The van der Waals surface area contributed by atoms with Crippen molar-refractivity contribution in [3.63, 3.8) is 0 Å². The van der Waals surface area contributed by atoms with E-state index in [4.69, 9.17) is 16.3 Å². The van der Waals surface area contributed by atoms with Crippen LogP contribution in [0.15, 0.2) is 78.9 Å². The molecule has 0 bridgehead atoms. The highest BCUT2D eigenvalue weighted by atomic mass is 35.5. The monoisotopic (exact) mass is 514 g/mol. The zero-order chi connectivity index (χ0) is 25.8. The molecule has 0 saturated carbocycles. The van der Waals surface area contributed by atoms with Gasteiger partial charge < -0.3 is 19.6 Å². The number of carbonyl (C=O) groups excluding carboxylic acids is 1. The molecule has 2 aliphatic heterocycles. The number of aliphatic hydroxyl groups excluding tert-OH is 1. The maximum atomic E-state index is 13.6. The van der Waals surface area contributed by atoms with Gasteiger partial charge in [0.2, 0.25) is 0 Å². The van der Waals surface area contributed by atoms with Gasteiger partial charge in [-0.05, 0) is 65.9 Å². The number of amides is 1. The second-order valence-electron chi connectivity index (χ2n) is 9.52. The van der Waals surface area contributed by atoms with Gasteiger partial charge in [-0.25, -0.2) is 0 Å². The molecule has 6 heteroatoms. The Hall–Kier alpha value is -3.54. The summed E-state index contributed by atoms with van der Waals surface area (Å²) >= 11 is 6.06. The fraction of sp³-hybridized carbons (Fsp3) is 0.258. The fourth-order valence-electron chi connectivity index (χ4n) is 4.99.